The van der Waals surface area contributed by atoms with Gasteiger partial charge in [-0.05, 0) is 37.5 Å². The highest BCUT2D eigenvalue weighted by atomic mass is 19.1. The minimum absolute atomic E-state index is 0.227. The van der Waals surface area contributed by atoms with Crippen LogP contribution in [-0.2, 0) is 6.54 Å². The summed E-state index contributed by atoms with van der Waals surface area (Å²) >= 11 is 0. The van der Waals surface area contributed by atoms with Gasteiger partial charge in [-0.25, -0.2) is 4.39 Å². The van der Waals surface area contributed by atoms with Gasteiger partial charge in [0.2, 0.25) is 0 Å². The van der Waals surface area contributed by atoms with Crippen molar-refractivity contribution < 1.29 is 9.50 Å². The summed E-state index contributed by atoms with van der Waals surface area (Å²) in [5, 5.41) is 13.8. The standard InChI is InChI=1S/C18H28FN3O/c1-3-20-17(21-14-18(23)10-5-4-6-11-18)22(2)13-15-8-7-9-16(19)12-15/h7-9,12,23H,3-6,10-11,13-14H2,1-2H3,(H,20,21). The largest absolute Gasteiger partial charge is 0.388 e. The molecule has 1 aliphatic rings. The van der Waals surface area contributed by atoms with Crippen LogP contribution in [-0.4, -0.2) is 41.7 Å². The summed E-state index contributed by atoms with van der Waals surface area (Å²) in [6.07, 6.45) is 4.99. The lowest BCUT2D eigenvalue weighted by Gasteiger charge is -2.31. The van der Waals surface area contributed by atoms with Gasteiger partial charge in [0.05, 0.1) is 12.1 Å². The lowest BCUT2D eigenvalue weighted by molar-refractivity contribution is 0.0130. The summed E-state index contributed by atoms with van der Waals surface area (Å²) in [5.41, 5.74) is 0.230. The smallest absolute Gasteiger partial charge is 0.194 e. The normalized spacial score (nSPS) is 17.8. The third-order valence-corrected chi connectivity index (χ3v) is 4.31. The number of aliphatic hydroxyl groups is 1. The SMILES string of the molecule is CCNC(=NCC1(O)CCCCC1)N(C)Cc1cccc(F)c1. The Morgan fingerprint density at radius 3 is 2.74 bits per heavy atom. The van der Waals surface area contributed by atoms with E-state index in [0.29, 0.717) is 13.1 Å². The molecule has 0 unspecified atom stereocenters. The molecule has 0 saturated heterocycles. The quantitative estimate of drug-likeness (QED) is 0.647. The van der Waals surface area contributed by atoms with Crippen LogP contribution in [0.1, 0.15) is 44.6 Å². The fourth-order valence-electron chi connectivity index (χ4n) is 3.04. The van der Waals surface area contributed by atoms with E-state index < -0.39 is 5.60 Å². The van der Waals surface area contributed by atoms with Crippen LogP contribution in [0.15, 0.2) is 29.3 Å². The fraction of sp³-hybridized carbons (Fsp3) is 0.611. The molecular formula is C18H28FN3O. The van der Waals surface area contributed by atoms with Crippen LogP contribution in [0.2, 0.25) is 0 Å². The summed E-state index contributed by atoms with van der Waals surface area (Å²) in [6.45, 7) is 3.76. The molecule has 0 heterocycles. The van der Waals surface area contributed by atoms with Crippen molar-refractivity contribution in [3.63, 3.8) is 0 Å². The monoisotopic (exact) mass is 321 g/mol. The second-order valence-electron chi connectivity index (χ2n) is 6.44. The maximum atomic E-state index is 13.3. The minimum atomic E-state index is -0.668. The summed E-state index contributed by atoms with van der Waals surface area (Å²) in [6, 6.07) is 6.60. The fourth-order valence-corrected chi connectivity index (χ4v) is 3.04. The number of hydrogen-bond donors (Lipinski definition) is 2. The molecule has 128 valence electrons. The van der Waals surface area contributed by atoms with E-state index in [1.165, 1.54) is 18.6 Å². The zero-order valence-corrected chi connectivity index (χ0v) is 14.2. The Hall–Kier alpha value is -1.62. The van der Waals surface area contributed by atoms with Gasteiger partial charge in [-0.15, -0.1) is 0 Å². The average molecular weight is 321 g/mol. The van der Waals surface area contributed by atoms with Gasteiger partial charge in [0.15, 0.2) is 5.96 Å². The first-order valence-electron chi connectivity index (χ1n) is 8.49. The van der Waals surface area contributed by atoms with Crippen LogP contribution in [0.5, 0.6) is 0 Å². The number of aliphatic imine (C=N–C) groups is 1. The molecule has 0 amide bonds. The first kappa shape index (κ1) is 17.7. The molecule has 0 radical (unpaired) electrons. The Kier molecular flexibility index (Phi) is 6.39. The van der Waals surface area contributed by atoms with E-state index in [4.69, 9.17) is 0 Å². The second kappa shape index (κ2) is 8.29. The van der Waals surface area contributed by atoms with Gasteiger partial charge in [0, 0.05) is 20.1 Å². The van der Waals surface area contributed by atoms with E-state index in [0.717, 1.165) is 43.8 Å². The molecule has 0 aliphatic heterocycles. The predicted molar refractivity (Wildman–Crippen MR) is 91.9 cm³/mol. The molecule has 1 fully saturated rings. The lowest BCUT2D eigenvalue weighted by Crippen LogP contribution is -2.41. The molecule has 0 bridgehead atoms. The van der Waals surface area contributed by atoms with Gasteiger partial charge in [0.1, 0.15) is 5.82 Å². The number of benzene rings is 1. The highest BCUT2D eigenvalue weighted by molar-refractivity contribution is 5.79. The molecule has 0 aromatic heterocycles. The molecule has 5 heteroatoms. The van der Waals surface area contributed by atoms with Crippen LogP contribution in [0.4, 0.5) is 4.39 Å². The van der Waals surface area contributed by atoms with Gasteiger partial charge in [0.25, 0.3) is 0 Å². The summed E-state index contributed by atoms with van der Waals surface area (Å²) < 4.78 is 13.3. The van der Waals surface area contributed by atoms with Crippen molar-refractivity contribution in [1.82, 2.24) is 10.2 Å². The van der Waals surface area contributed by atoms with Gasteiger partial charge in [-0.1, -0.05) is 31.4 Å². The number of hydrogen-bond acceptors (Lipinski definition) is 2. The maximum absolute atomic E-state index is 13.3. The molecule has 0 spiro atoms. The highest BCUT2D eigenvalue weighted by Crippen LogP contribution is 2.28. The minimum Gasteiger partial charge on any atom is -0.388 e. The predicted octanol–water partition coefficient (Wildman–Crippen LogP) is 2.92. The molecule has 2 N–H and O–H groups in total. The highest BCUT2D eigenvalue weighted by Gasteiger charge is 2.29. The van der Waals surface area contributed by atoms with Crippen LogP contribution < -0.4 is 5.32 Å². The Morgan fingerprint density at radius 2 is 2.09 bits per heavy atom. The first-order chi connectivity index (χ1) is 11.0. The van der Waals surface area contributed by atoms with Crippen molar-refractivity contribution in [3.8, 4) is 0 Å². The Morgan fingerprint density at radius 1 is 1.35 bits per heavy atom. The summed E-state index contributed by atoms with van der Waals surface area (Å²) in [7, 11) is 1.93. The topological polar surface area (TPSA) is 47.9 Å². The van der Waals surface area contributed by atoms with E-state index in [1.54, 1.807) is 6.07 Å². The van der Waals surface area contributed by atoms with Crippen molar-refractivity contribution in [3.05, 3.63) is 35.6 Å². The third-order valence-electron chi connectivity index (χ3n) is 4.31. The number of rotatable bonds is 5. The maximum Gasteiger partial charge on any atom is 0.194 e. The third kappa shape index (κ3) is 5.50. The van der Waals surface area contributed by atoms with Gasteiger partial charge in [-0.2, -0.15) is 0 Å². The average Bonchev–Trinajstić information content (AvgIpc) is 2.52. The van der Waals surface area contributed by atoms with E-state index in [2.05, 4.69) is 10.3 Å². The van der Waals surface area contributed by atoms with Gasteiger partial charge >= 0.3 is 0 Å². The number of nitrogens with one attached hydrogen (secondary N) is 1. The van der Waals surface area contributed by atoms with Crippen LogP contribution >= 0.6 is 0 Å². The molecule has 23 heavy (non-hydrogen) atoms. The van der Waals surface area contributed by atoms with Crippen molar-refractivity contribution in [1.29, 1.82) is 0 Å². The van der Waals surface area contributed by atoms with Crippen LogP contribution in [0, 0.1) is 5.82 Å². The van der Waals surface area contributed by atoms with Gasteiger partial charge in [-0.3, -0.25) is 4.99 Å². The molecule has 1 saturated carbocycles. The van der Waals surface area contributed by atoms with Crippen LogP contribution in [0.3, 0.4) is 0 Å². The lowest BCUT2D eigenvalue weighted by atomic mass is 9.85. The van der Waals surface area contributed by atoms with Crippen molar-refractivity contribution in [2.75, 3.05) is 20.1 Å². The molecule has 1 aliphatic carbocycles. The molecule has 1 aromatic rings. The summed E-state index contributed by atoms with van der Waals surface area (Å²) in [4.78, 5) is 6.58. The number of halogens is 1. The zero-order valence-electron chi connectivity index (χ0n) is 14.2. The zero-order chi connectivity index (χ0) is 16.7. The number of guanidine groups is 1. The Bertz CT molecular complexity index is 527. The van der Waals surface area contributed by atoms with Crippen molar-refractivity contribution in [2.45, 2.75) is 51.2 Å². The molecule has 1 aromatic carbocycles. The Labute approximate surface area is 138 Å². The van der Waals surface area contributed by atoms with Crippen LogP contribution in [0.25, 0.3) is 0 Å². The molecule has 2 rings (SSSR count). The van der Waals surface area contributed by atoms with E-state index in [1.807, 2.05) is 24.9 Å². The van der Waals surface area contributed by atoms with E-state index >= 15 is 0 Å². The van der Waals surface area contributed by atoms with E-state index in [9.17, 15) is 9.50 Å². The second-order valence-corrected chi connectivity index (χ2v) is 6.44. The van der Waals surface area contributed by atoms with Crippen molar-refractivity contribution >= 4 is 5.96 Å². The summed E-state index contributed by atoms with van der Waals surface area (Å²) in [5.74, 6) is 0.519. The molecule has 4 nitrogen and oxygen atoms in total. The van der Waals surface area contributed by atoms with Crippen molar-refractivity contribution in [2.24, 2.45) is 4.99 Å². The molecular weight excluding hydrogens is 293 g/mol. The first-order valence-corrected chi connectivity index (χ1v) is 8.49. The Balaban J connectivity index is 2.02. The molecule has 0 atom stereocenters. The van der Waals surface area contributed by atoms with Gasteiger partial charge < -0.3 is 15.3 Å². The van der Waals surface area contributed by atoms with E-state index in [-0.39, 0.29) is 5.82 Å². The number of nitrogens with zero attached hydrogens (tertiary/aromatic N) is 2.